The van der Waals surface area contributed by atoms with Crippen LogP contribution >= 0.6 is 0 Å². The highest BCUT2D eigenvalue weighted by molar-refractivity contribution is 5.78. The van der Waals surface area contributed by atoms with Gasteiger partial charge in [-0.05, 0) is 6.92 Å². The molecule has 0 radical (unpaired) electrons. The van der Waals surface area contributed by atoms with Crippen LogP contribution in [0.15, 0.2) is 12.2 Å². The van der Waals surface area contributed by atoms with Crippen molar-refractivity contribution >= 4 is 5.91 Å². The van der Waals surface area contributed by atoms with E-state index in [2.05, 4.69) is 11.9 Å². The summed E-state index contributed by atoms with van der Waals surface area (Å²) in [4.78, 5) is 10.8. The topological polar surface area (TPSA) is 41.1 Å². The predicted molar refractivity (Wildman–Crippen MR) is 46.7 cm³/mol. The third-order valence-electron chi connectivity index (χ3n) is 1.20. The molecule has 0 aliphatic rings. The molecule has 14 heavy (non-hydrogen) atoms. The number of hydrogen-bond acceptors (Lipinski definition) is 2. The van der Waals surface area contributed by atoms with Crippen LogP contribution in [0.3, 0.4) is 0 Å². The molecule has 0 saturated carbocycles. The Morgan fingerprint density at radius 2 is 1.93 bits per heavy atom. The van der Waals surface area contributed by atoms with Gasteiger partial charge in [-0.3, -0.25) is 4.79 Å². The summed E-state index contributed by atoms with van der Waals surface area (Å²) >= 11 is 0. The minimum absolute atomic E-state index is 0.136. The first kappa shape index (κ1) is 13.0. The zero-order valence-electron chi connectivity index (χ0n) is 7.87. The first-order chi connectivity index (χ1) is 6.31. The van der Waals surface area contributed by atoms with Crippen LogP contribution in [-0.4, -0.2) is 31.7 Å². The fourth-order valence-corrected chi connectivity index (χ4v) is 0.651. The van der Waals surface area contributed by atoms with Crippen molar-refractivity contribution in [3.63, 3.8) is 0 Å². The Morgan fingerprint density at radius 1 is 1.36 bits per heavy atom. The van der Waals surface area contributed by atoms with Crippen molar-refractivity contribution in [3.05, 3.63) is 12.2 Å². The van der Waals surface area contributed by atoms with Crippen molar-refractivity contribution in [2.45, 2.75) is 13.1 Å². The molecule has 1 amide bonds. The first-order valence-electron chi connectivity index (χ1n) is 4.00. The summed E-state index contributed by atoms with van der Waals surface area (Å²) in [7, 11) is 0. The summed E-state index contributed by atoms with van der Waals surface area (Å²) in [6.45, 7) is 4.30. The van der Waals surface area contributed by atoms with E-state index in [0.717, 1.165) is 5.57 Å². The Bertz CT molecular complexity index is 213. The molecule has 3 nitrogen and oxygen atoms in total. The molecule has 0 saturated heterocycles. The molecule has 0 unspecified atom stereocenters. The van der Waals surface area contributed by atoms with Crippen LogP contribution in [0, 0.1) is 0 Å². The molecule has 0 rings (SSSR count). The van der Waals surface area contributed by atoms with Gasteiger partial charge in [0.05, 0.1) is 6.54 Å². The molecule has 0 aromatic carbocycles. The van der Waals surface area contributed by atoms with Gasteiger partial charge in [-0.2, -0.15) is 13.2 Å². The molecule has 6 heteroatoms. The molecular formula is C8H13F3N2O. The average molecular weight is 210 g/mol. The van der Waals surface area contributed by atoms with Gasteiger partial charge in [0, 0.05) is 6.54 Å². The Morgan fingerprint density at radius 3 is 2.36 bits per heavy atom. The summed E-state index contributed by atoms with van der Waals surface area (Å²) in [5.41, 5.74) is 0.814. The van der Waals surface area contributed by atoms with E-state index >= 15 is 0 Å². The van der Waals surface area contributed by atoms with Crippen molar-refractivity contribution in [2.75, 3.05) is 19.6 Å². The van der Waals surface area contributed by atoms with Crippen LogP contribution in [-0.2, 0) is 4.79 Å². The number of alkyl halides is 3. The zero-order chi connectivity index (χ0) is 11.2. The van der Waals surface area contributed by atoms with Crippen LogP contribution in [0.4, 0.5) is 13.2 Å². The van der Waals surface area contributed by atoms with E-state index in [4.69, 9.17) is 0 Å². The van der Waals surface area contributed by atoms with Crippen molar-refractivity contribution in [1.29, 1.82) is 0 Å². The molecule has 2 N–H and O–H groups in total. The van der Waals surface area contributed by atoms with Crippen molar-refractivity contribution in [1.82, 2.24) is 10.6 Å². The van der Waals surface area contributed by atoms with Gasteiger partial charge in [-0.15, -0.1) is 0 Å². The number of carbonyl (C=O) groups is 1. The maximum Gasteiger partial charge on any atom is 0.405 e. The SMILES string of the molecule is C=C(C)CNCC(=O)NCC(F)(F)F. The number of nitrogens with one attached hydrogen (secondary N) is 2. The fraction of sp³-hybridized carbons (Fsp3) is 0.625. The van der Waals surface area contributed by atoms with E-state index in [0.29, 0.717) is 6.54 Å². The number of carbonyl (C=O) groups excluding carboxylic acids is 1. The molecule has 0 bridgehead atoms. The lowest BCUT2D eigenvalue weighted by atomic mass is 10.3. The minimum Gasteiger partial charge on any atom is -0.346 e. The molecule has 0 heterocycles. The van der Waals surface area contributed by atoms with E-state index in [-0.39, 0.29) is 6.54 Å². The van der Waals surface area contributed by atoms with E-state index in [1.54, 1.807) is 12.2 Å². The van der Waals surface area contributed by atoms with Gasteiger partial charge in [0.2, 0.25) is 5.91 Å². The van der Waals surface area contributed by atoms with Gasteiger partial charge in [0.25, 0.3) is 0 Å². The number of rotatable bonds is 5. The lowest BCUT2D eigenvalue weighted by Crippen LogP contribution is -2.39. The summed E-state index contributed by atoms with van der Waals surface area (Å²) in [5, 5.41) is 4.38. The van der Waals surface area contributed by atoms with E-state index < -0.39 is 18.6 Å². The molecule has 0 aromatic heterocycles. The highest BCUT2D eigenvalue weighted by Crippen LogP contribution is 2.11. The first-order valence-corrected chi connectivity index (χ1v) is 4.00. The molecular weight excluding hydrogens is 197 g/mol. The third kappa shape index (κ3) is 9.05. The number of halogens is 3. The van der Waals surface area contributed by atoms with Gasteiger partial charge in [0.1, 0.15) is 6.54 Å². The lowest BCUT2D eigenvalue weighted by molar-refractivity contribution is -0.137. The molecule has 0 spiro atoms. The summed E-state index contributed by atoms with van der Waals surface area (Å²) in [5.74, 6) is -0.677. The quantitative estimate of drug-likeness (QED) is 0.660. The number of hydrogen-bond donors (Lipinski definition) is 2. The highest BCUT2D eigenvalue weighted by atomic mass is 19.4. The summed E-state index contributed by atoms with van der Waals surface area (Å²) < 4.78 is 34.9. The second kappa shape index (κ2) is 5.64. The minimum atomic E-state index is -4.36. The van der Waals surface area contributed by atoms with Crippen LogP contribution in [0.25, 0.3) is 0 Å². The lowest BCUT2D eigenvalue weighted by Gasteiger charge is -2.08. The maximum atomic E-state index is 11.6. The van der Waals surface area contributed by atoms with Crippen LogP contribution in [0.1, 0.15) is 6.92 Å². The van der Waals surface area contributed by atoms with Crippen molar-refractivity contribution in [2.24, 2.45) is 0 Å². The maximum absolute atomic E-state index is 11.6. The van der Waals surface area contributed by atoms with Gasteiger partial charge >= 0.3 is 6.18 Å². The van der Waals surface area contributed by atoms with Gasteiger partial charge in [-0.25, -0.2) is 0 Å². The smallest absolute Gasteiger partial charge is 0.346 e. The Balaban J connectivity index is 3.52. The van der Waals surface area contributed by atoms with E-state index in [1.165, 1.54) is 0 Å². The molecule has 82 valence electrons. The fourth-order valence-electron chi connectivity index (χ4n) is 0.651. The largest absolute Gasteiger partial charge is 0.405 e. The second-order valence-electron chi connectivity index (χ2n) is 2.95. The molecule has 0 aliphatic heterocycles. The summed E-state index contributed by atoms with van der Waals surface area (Å²) in [6.07, 6.45) is -4.36. The second-order valence-corrected chi connectivity index (χ2v) is 2.95. The standard InChI is InChI=1S/C8H13F3N2O/c1-6(2)3-12-4-7(14)13-5-8(9,10)11/h12H,1,3-5H2,2H3,(H,13,14). The van der Waals surface area contributed by atoms with Crippen LogP contribution in [0.2, 0.25) is 0 Å². The Hall–Kier alpha value is -1.04. The molecule has 0 aliphatic carbocycles. The molecule has 0 atom stereocenters. The zero-order valence-corrected chi connectivity index (χ0v) is 7.87. The Kier molecular flexibility index (Phi) is 5.22. The molecule has 0 aromatic rings. The van der Waals surface area contributed by atoms with Crippen LogP contribution in [0.5, 0.6) is 0 Å². The third-order valence-corrected chi connectivity index (χ3v) is 1.20. The van der Waals surface area contributed by atoms with Crippen molar-refractivity contribution in [3.8, 4) is 0 Å². The van der Waals surface area contributed by atoms with Gasteiger partial charge in [-0.1, -0.05) is 12.2 Å². The average Bonchev–Trinajstić information content (AvgIpc) is 1.99. The van der Waals surface area contributed by atoms with Crippen LogP contribution < -0.4 is 10.6 Å². The normalized spacial score (nSPS) is 11.1. The van der Waals surface area contributed by atoms with E-state index in [1.807, 2.05) is 0 Å². The van der Waals surface area contributed by atoms with Gasteiger partial charge < -0.3 is 10.6 Å². The van der Waals surface area contributed by atoms with E-state index in [9.17, 15) is 18.0 Å². The predicted octanol–water partition coefficient (Wildman–Crippen LogP) is 0.831. The van der Waals surface area contributed by atoms with Gasteiger partial charge in [0.15, 0.2) is 0 Å². The highest BCUT2D eigenvalue weighted by Gasteiger charge is 2.27. The molecule has 0 fully saturated rings. The monoisotopic (exact) mass is 210 g/mol. The van der Waals surface area contributed by atoms with Crippen molar-refractivity contribution < 1.29 is 18.0 Å². The Labute approximate surface area is 80.4 Å². The summed E-state index contributed by atoms with van der Waals surface area (Å²) in [6, 6.07) is 0. The number of amides is 1.